The maximum Gasteiger partial charge on any atom is 0.412 e. The first kappa shape index (κ1) is 32.5. The van der Waals surface area contributed by atoms with Crippen molar-refractivity contribution >= 4 is 23.7 Å². The Morgan fingerprint density at radius 3 is 2.30 bits per heavy atom. The van der Waals surface area contributed by atoms with Crippen LogP contribution in [-0.2, 0) is 16.0 Å². The van der Waals surface area contributed by atoms with Crippen molar-refractivity contribution in [1.29, 1.82) is 0 Å². The van der Waals surface area contributed by atoms with E-state index in [0.717, 1.165) is 23.3 Å². The molecule has 0 fully saturated rings. The molecule has 242 valence electrons. The van der Waals surface area contributed by atoms with Crippen molar-refractivity contribution in [3.63, 3.8) is 0 Å². The number of furan rings is 1. The third-order valence-electron chi connectivity index (χ3n) is 6.75. The monoisotopic (exact) mass is 644 g/mol. The number of ether oxygens (including phenoxy) is 1. The zero-order chi connectivity index (χ0) is 33.9. The molecule has 0 spiro atoms. The molecule has 3 N–H and O–H groups in total. The maximum atomic E-state index is 15.2. The second-order valence-electron chi connectivity index (χ2n) is 11.7. The summed E-state index contributed by atoms with van der Waals surface area (Å²) in [6, 6.07) is 16.8. The number of carbonyl (C=O) groups excluding carboxylic acids is 2. The van der Waals surface area contributed by atoms with Gasteiger partial charge < -0.3 is 24.1 Å². The molecule has 13 heteroatoms. The van der Waals surface area contributed by atoms with Crippen LogP contribution in [0.25, 0.3) is 34.2 Å². The number of benzene rings is 3. The van der Waals surface area contributed by atoms with Crippen LogP contribution < -0.4 is 10.6 Å². The molecule has 0 aliphatic rings. The predicted molar refractivity (Wildman–Crippen MR) is 166 cm³/mol. The Morgan fingerprint density at radius 1 is 0.936 bits per heavy atom. The van der Waals surface area contributed by atoms with E-state index in [9.17, 15) is 23.9 Å². The molecule has 1 unspecified atom stereocenters. The third kappa shape index (κ3) is 8.06. The van der Waals surface area contributed by atoms with Crippen molar-refractivity contribution in [1.82, 2.24) is 15.5 Å². The van der Waals surface area contributed by atoms with Crippen LogP contribution in [0.5, 0.6) is 0 Å². The Kier molecular flexibility index (Phi) is 9.17. The number of aryl methyl sites for hydroxylation is 1. The van der Waals surface area contributed by atoms with Gasteiger partial charge in [-0.05, 0) is 75.7 Å². The maximum absolute atomic E-state index is 15.2. The minimum atomic E-state index is -1.40. The summed E-state index contributed by atoms with van der Waals surface area (Å²) in [6.07, 6.45) is -0.999. The molecule has 0 aliphatic carbocycles. The fourth-order valence-corrected chi connectivity index (χ4v) is 4.50. The van der Waals surface area contributed by atoms with Gasteiger partial charge in [-0.1, -0.05) is 41.1 Å². The molecule has 0 radical (unpaired) electrons. The van der Waals surface area contributed by atoms with Gasteiger partial charge in [0.05, 0.1) is 11.1 Å². The molecule has 0 bridgehead atoms. The lowest BCUT2D eigenvalue weighted by Gasteiger charge is -2.19. The Morgan fingerprint density at radius 2 is 1.64 bits per heavy atom. The topological polar surface area (TPSA) is 157 Å². The number of halogens is 2. The molecule has 5 rings (SSSR count). The summed E-state index contributed by atoms with van der Waals surface area (Å²) >= 11 is 0. The number of hydrogen-bond acceptors (Lipinski definition) is 8. The fraction of sp³-hybridized carbons (Fsp3) is 0.206. The number of rotatable bonds is 9. The molecular formula is C34H30F2N4O7. The average molecular weight is 645 g/mol. The van der Waals surface area contributed by atoms with Gasteiger partial charge in [0.15, 0.2) is 5.76 Å². The molecule has 47 heavy (non-hydrogen) atoms. The number of aromatic nitrogens is 2. The number of anilines is 1. The van der Waals surface area contributed by atoms with E-state index in [1.165, 1.54) is 30.3 Å². The molecule has 2 amide bonds. The second kappa shape index (κ2) is 13.3. The molecule has 0 aliphatic heterocycles. The van der Waals surface area contributed by atoms with E-state index in [1.807, 2.05) is 31.2 Å². The van der Waals surface area contributed by atoms with Gasteiger partial charge in [-0.2, -0.15) is 4.98 Å². The van der Waals surface area contributed by atoms with E-state index in [4.69, 9.17) is 13.7 Å². The normalized spacial score (nSPS) is 12.0. The Hall–Kier alpha value is -5.85. The Balaban J connectivity index is 1.25. The van der Waals surface area contributed by atoms with E-state index in [-0.39, 0.29) is 46.3 Å². The molecular weight excluding hydrogens is 614 g/mol. The molecule has 11 nitrogen and oxygen atoms in total. The van der Waals surface area contributed by atoms with Crippen LogP contribution >= 0.6 is 0 Å². The number of aliphatic carboxylic acids is 1. The van der Waals surface area contributed by atoms with Crippen LogP contribution in [0.2, 0.25) is 0 Å². The van der Waals surface area contributed by atoms with Gasteiger partial charge in [0.2, 0.25) is 5.82 Å². The van der Waals surface area contributed by atoms with E-state index >= 15 is 4.39 Å². The summed E-state index contributed by atoms with van der Waals surface area (Å²) in [5, 5.41) is 18.3. The molecule has 2 aromatic heterocycles. The highest BCUT2D eigenvalue weighted by atomic mass is 19.1. The Labute approximate surface area is 267 Å². The van der Waals surface area contributed by atoms with Crippen LogP contribution in [-0.4, -0.2) is 44.9 Å². The summed E-state index contributed by atoms with van der Waals surface area (Å²) in [5.74, 6) is -3.69. The summed E-state index contributed by atoms with van der Waals surface area (Å²) < 4.78 is 46.0. The number of hydrogen-bond donors (Lipinski definition) is 3. The zero-order valence-corrected chi connectivity index (χ0v) is 25.8. The minimum absolute atomic E-state index is 0.0772. The van der Waals surface area contributed by atoms with Gasteiger partial charge in [-0.3, -0.25) is 10.1 Å². The van der Waals surface area contributed by atoms with Gasteiger partial charge >= 0.3 is 12.1 Å². The Bertz CT molecular complexity index is 1940. The van der Waals surface area contributed by atoms with E-state index in [0.29, 0.717) is 5.76 Å². The summed E-state index contributed by atoms with van der Waals surface area (Å²) in [7, 11) is 0. The molecule has 0 saturated heterocycles. The lowest BCUT2D eigenvalue weighted by molar-refractivity contribution is -0.139. The molecule has 3 aromatic carbocycles. The van der Waals surface area contributed by atoms with Crippen molar-refractivity contribution in [3.05, 3.63) is 101 Å². The van der Waals surface area contributed by atoms with Gasteiger partial charge in [0, 0.05) is 17.7 Å². The van der Waals surface area contributed by atoms with Crippen LogP contribution in [0, 0.1) is 18.6 Å². The van der Waals surface area contributed by atoms with Crippen molar-refractivity contribution in [2.24, 2.45) is 0 Å². The summed E-state index contributed by atoms with van der Waals surface area (Å²) in [6.45, 7) is 7.02. The smallest absolute Gasteiger partial charge is 0.412 e. The number of carboxylic acid groups (broad SMARTS) is 1. The van der Waals surface area contributed by atoms with Crippen LogP contribution in [0.3, 0.4) is 0 Å². The highest BCUT2D eigenvalue weighted by Gasteiger charge is 2.25. The summed E-state index contributed by atoms with van der Waals surface area (Å²) in [4.78, 5) is 40.8. The number of carbonyl (C=O) groups is 3. The lowest BCUT2D eigenvalue weighted by Crippen LogP contribution is -2.42. The second-order valence-corrected chi connectivity index (χ2v) is 11.7. The number of amides is 2. The fourth-order valence-electron chi connectivity index (χ4n) is 4.50. The van der Waals surface area contributed by atoms with Crippen LogP contribution in [0.1, 0.15) is 42.5 Å². The first-order chi connectivity index (χ1) is 22.3. The average Bonchev–Trinajstić information content (AvgIpc) is 3.67. The van der Waals surface area contributed by atoms with E-state index in [2.05, 4.69) is 20.8 Å². The number of carboxylic acids is 1. The largest absolute Gasteiger partial charge is 0.480 e. The highest BCUT2D eigenvalue weighted by molar-refractivity contribution is 5.95. The third-order valence-corrected chi connectivity index (χ3v) is 6.75. The van der Waals surface area contributed by atoms with Crippen molar-refractivity contribution < 1.29 is 41.9 Å². The first-order valence-corrected chi connectivity index (χ1v) is 14.4. The van der Waals surface area contributed by atoms with Crippen LogP contribution in [0.4, 0.5) is 19.3 Å². The molecule has 1 atom stereocenters. The van der Waals surface area contributed by atoms with E-state index in [1.54, 1.807) is 26.8 Å². The van der Waals surface area contributed by atoms with Gasteiger partial charge in [-0.25, -0.2) is 18.4 Å². The minimum Gasteiger partial charge on any atom is -0.480 e. The SMILES string of the molecule is Cc1ccc(-c2ccc(C(=O)NC(Cc3ccc(-c4noc(-c5ccc(NC(=O)OC(C)(C)C)cc5F)n4)c(F)c3)C(=O)O)o2)cc1. The molecule has 0 saturated carbocycles. The quantitative estimate of drug-likeness (QED) is 0.153. The van der Waals surface area contributed by atoms with Gasteiger partial charge in [0.1, 0.15) is 29.0 Å². The first-order valence-electron chi connectivity index (χ1n) is 14.4. The van der Waals surface area contributed by atoms with Crippen LogP contribution in [0.15, 0.2) is 81.7 Å². The zero-order valence-electron chi connectivity index (χ0n) is 25.8. The lowest BCUT2D eigenvalue weighted by atomic mass is 10.0. The molecule has 5 aromatic rings. The van der Waals surface area contributed by atoms with Gasteiger partial charge in [0.25, 0.3) is 11.8 Å². The standard InChI is InChI=1S/C34H30F2N4O7/c1-18-5-8-20(9-6-18)27-13-14-28(45-27)30(41)38-26(32(42)43)16-19-7-11-22(24(35)15-19)29-39-31(47-40-29)23-12-10-21(17-25(23)36)37-33(44)46-34(2,3)4/h5-15,17,26H,16H2,1-4H3,(H,37,44)(H,38,41)(H,42,43). The summed E-state index contributed by atoms with van der Waals surface area (Å²) in [5.41, 5.74) is 1.31. The van der Waals surface area contributed by atoms with Crippen molar-refractivity contribution in [2.75, 3.05) is 5.32 Å². The predicted octanol–water partition coefficient (Wildman–Crippen LogP) is 7.02. The molecule has 2 heterocycles. The van der Waals surface area contributed by atoms with Crippen molar-refractivity contribution in [3.8, 4) is 34.2 Å². The van der Waals surface area contributed by atoms with Gasteiger partial charge in [-0.15, -0.1) is 0 Å². The highest BCUT2D eigenvalue weighted by Crippen LogP contribution is 2.29. The van der Waals surface area contributed by atoms with Crippen molar-refractivity contribution in [2.45, 2.75) is 45.8 Å². The number of nitrogens with zero attached hydrogens (tertiary/aromatic N) is 2. The number of nitrogens with one attached hydrogen (secondary N) is 2. The van der Waals surface area contributed by atoms with E-state index < -0.39 is 41.2 Å².